The minimum absolute atomic E-state index is 0.165. The first-order chi connectivity index (χ1) is 14.2. The van der Waals surface area contributed by atoms with Crippen molar-refractivity contribution in [3.05, 3.63) is 64.7 Å². The maximum Gasteiger partial charge on any atom is 0.487 e. The van der Waals surface area contributed by atoms with Gasteiger partial charge >= 0.3 is 5.57 Å². The topological polar surface area (TPSA) is 87.4 Å². The average Bonchev–Trinajstić information content (AvgIpc) is 3.03. The van der Waals surface area contributed by atoms with Gasteiger partial charge < -0.3 is 14.8 Å². The van der Waals surface area contributed by atoms with Gasteiger partial charge in [-0.3, -0.25) is 18.8 Å². The van der Waals surface area contributed by atoms with Crippen molar-refractivity contribution in [1.82, 2.24) is 14.3 Å². The molecule has 2 heterocycles. The summed E-state index contributed by atoms with van der Waals surface area (Å²) in [5.74, 6) is -0.421. The second kappa shape index (κ2) is 8.54. The van der Waals surface area contributed by atoms with Crippen molar-refractivity contribution >= 4 is 23.2 Å². The van der Waals surface area contributed by atoms with Gasteiger partial charge in [-0.05, 0) is 37.3 Å². The van der Waals surface area contributed by atoms with Crippen LogP contribution < -0.4 is 20.3 Å². The molecule has 0 atom stereocenters. The molecule has 0 aliphatic carbocycles. The molecule has 1 amide bonds. The van der Waals surface area contributed by atoms with Gasteiger partial charge in [-0.1, -0.05) is 0 Å². The van der Waals surface area contributed by atoms with Crippen molar-refractivity contribution in [3.63, 3.8) is 0 Å². The first-order valence-corrected chi connectivity index (χ1v) is 9.11. The molecule has 1 aromatic carbocycles. The number of rotatable bonds is 7. The lowest BCUT2D eigenvalue weighted by molar-refractivity contribution is -0.0964. The van der Waals surface area contributed by atoms with Crippen LogP contribution in [-0.2, 0) is 7.05 Å². The van der Waals surface area contributed by atoms with Crippen LogP contribution in [0.2, 0.25) is 0 Å². The Morgan fingerprint density at radius 3 is 2.53 bits per heavy atom. The Bertz CT molecular complexity index is 1110. The first-order valence-electron chi connectivity index (χ1n) is 8.73. The average molecular weight is 439 g/mol. The normalized spacial score (nSPS) is 11.2. The van der Waals surface area contributed by atoms with E-state index >= 15 is 0 Å². The van der Waals surface area contributed by atoms with Crippen LogP contribution in [0.5, 0.6) is 11.6 Å². The molecule has 0 fully saturated rings. The Balaban J connectivity index is 1.82. The Labute approximate surface area is 174 Å². The molecule has 3 rings (SSSR count). The molecule has 0 radical (unpaired) electrons. The minimum atomic E-state index is -3.83. The number of alkyl halides is 3. The van der Waals surface area contributed by atoms with Crippen molar-refractivity contribution in [3.8, 4) is 17.3 Å². The van der Waals surface area contributed by atoms with E-state index < -0.39 is 11.5 Å². The molecular weight excluding hydrogens is 422 g/mol. The number of ether oxygens (including phenoxy) is 2. The molecule has 0 aliphatic heterocycles. The summed E-state index contributed by atoms with van der Waals surface area (Å²) in [5.41, 5.74) is -3.29. The molecule has 0 bridgehead atoms. The summed E-state index contributed by atoms with van der Waals surface area (Å²) in [5, 5.41) is 6.76. The summed E-state index contributed by atoms with van der Waals surface area (Å²) < 4.78 is 37.7. The number of amides is 1. The second-order valence-electron chi connectivity index (χ2n) is 6.08. The van der Waals surface area contributed by atoms with E-state index in [-0.39, 0.29) is 22.8 Å². The smallest absolute Gasteiger partial charge is 0.475 e. The van der Waals surface area contributed by atoms with Crippen LogP contribution in [0.25, 0.3) is 5.69 Å². The summed E-state index contributed by atoms with van der Waals surface area (Å²) in [6.07, 6.45) is 2.96. The number of hydrogen-bond donors (Lipinski definition) is 1. The fourth-order valence-electron chi connectivity index (χ4n) is 2.61. The SMILES string of the molecule is CCOc1nn(C)cc1-n1cc(C(=O)Nc2ccc(OC(F)(F)Cl)cc2)ccc1=O. The predicted molar refractivity (Wildman–Crippen MR) is 106 cm³/mol. The highest BCUT2D eigenvalue weighted by Crippen LogP contribution is 2.26. The molecule has 0 saturated heterocycles. The zero-order valence-corrected chi connectivity index (χ0v) is 16.7. The standard InChI is InChI=1S/C19H17ClF2N4O4/c1-3-29-18-15(11-25(2)24-18)26-10-12(4-9-16(26)27)17(28)23-13-5-7-14(8-6-13)30-19(20,21)22/h4-11H,3H2,1-2H3,(H,23,28). The minimum Gasteiger partial charge on any atom is -0.475 e. The number of aryl methyl sites for hydroxylation is 1. The van der Waals surface area contributed by atoms with Gasteiger partial charge in [0.2, 0.25) is 0 Å². The lowest BCUT2D eigenvalue weighted by Crippen LogP contribution is -2.21. The Morgan fingerprint density at radius 2 is 1.90 bits per heavy atom. The van der Waals surface area contributed by atoms with E-state index in [1.165, 1.54) is 51.8 Å². The fourth-order valence-corrected chi connectivity index (χ4v) is 2.70. The van der Waals surface area contributed by atoms with E-state index in [0.29, 0.717) is 18.0 Å². The molecule has 0 spiro atoms. The Morgan fingerprint density at radius 1 is 1.20 bits per heavy atom. The quantitative estimate of drug-likeness (QED) is 0.571. The predicted octanol–water partition coefficient (Wildman–Crippen LogP) is 3.39. The third-order valence-corrected chi connectivity index (χ3v) is 3.91. The van der Waals surface area contributed by atoms with Crippen LogP contribution in [0.1, 0.15) is 17.3 Å². The van der Waals surface area contributed by atoms with Crippen LogP contribution in [0.15, 0.2) is 53.6 Å². The van der Waals surface area contributed by atoms with Crippen molar-refractivity contribution in [2.75, 3.05) is 11.9 Å². The van der Waals surface area contributed by atoms with E-state index in [1.54, 1.807) is 20.2 Å². The molecule has 1 N–H and O–H groups in total. The highest BCUT2D eigenvalue weighted by Gasteiger charge is 2.27. The number of pyridine rings is 1. The van der Waals surface area contributed by atoms with E-state index in [0.717, 1.165) is 0 Å². The van der Waals surface area contributed by atoms with Gasteiger partial charge in [0.05, 0.1) is 18.4 Å². The second-order valence-corrected chi connectivity index (χ2v) is 6.52. The molecule has 11 heteroatoms. The van der Waals surface area contributed by atoms with Crippen LogP contribution in [0, 0.1) is 0 Å². The number of carbonyl (C=O) groups is 1. The first kappa shape index (κ1) is 21.3. The van der Waals surface area contributed by atoms with Gasteiger partial charge in [0.1, 0.15) is 11.4 Å². The van der Waals surface area contributed by atoms with Gasteiger partial charge in [0, 0.05) is 36.6 Å². The Hall–Kier alpha value is -3.40. The number of aromatic nitrogens is 3. The molecule has 30 heavy (non-hydrogen) atoms. The molecule has 0 aliphatic rings. The van der Waals surface area contributed by atoms with Gasteiger partial charge in [-0.2, -0.15) is 0 Å². The molecule has 8 nitrogen and oxygen atoms in total. The molecule has 2 aromatic heterocycles. The monoisotopic (exact) mass is 438 g/mol. The zero-order valence-electron chi connectivity index (χ0n) is 15.9. The summed E-state index contributed by atoms with van der Waals surface area (Å²) in [7, 11) is 1.68. The van der Waals surface area contributed by atoms with Crippen molar-refractivity contribution in [1.29, 1.82) is 0 Å². The highest BCUT2D eigenvalue weighted by molar-refractivity contribution is 6.20. The molecule has 0 unspecified atom stereocenters. The summed E-state index contributed by atoms with van der Waals surface area (Å²) >= 11 is 4.71. The maximum atomic E-state index is 12.7. The number of hydrogen-bond acceptors (Lipinski definition) is 5. The highest BCUT2D eigenvalue weighted by atomic mass is 35.5. The zero-order chi connectivity index (χ0) is 21.9. The van der Waals surface area contributed by atoms with Crippen molar-refractivity contribution in [2.45, 2.75) is 12.5 Å². The molecule has 158 valence electrons. The van der Waals surface area contributed by atoms with E-state index in [2.05, 4.69) is 15.2 Å². The third kappa shape index (κ3) is 5.15. The number of carbonyl (C=O) groups excluding carboxylic acids is 1. The number of benzene rings is 1. The number of anilines is 1. The molecule has 0 saturated carbocycles. The van der Waals surface area contributed by atoms with Crippen molar-refractivity contribution in [2.24, 2.45) is 7.05 Å². The third-order valence-electron chi connectivity index (χ3n) is 3.84. The van der Waals surface area contributed by atoms with Crippen LogP contribution in [0.4, 0.5) is 14.5 Å². The largest absolute Gasteiger partial charge is 0.487 e. The number of nitrogens with one attached hydrogen (secondary N) is 1. The van der Waals surface area contributed by atoms with Gasteiger partial charge in [-0.15, -0.1) is 13.9 Å². The summed E-state index contributed by atoms with van der Waals surface area (Å²) in [6, 6.07) is 7.83. The number of halogens is 3. The van der Waals surface area contributed by atoms with Crippen LogP contribution in [0.3, 0.4) is 0 Å². The van der Waals surface area contributed by atoms with E-state index in [1.807, 2.05) is 0 Å². The fraction of sp³-hybridized carbons (Fsp3) is 0.211. The van der Waals surface area contributed by atoms with Gasteiger partial charge in [-0.25, -0.2) is 0 Å². The van der Waals surface area contributed by atoms with Crippen molar-refractivity contribution < 1.29 is 23.0 Å². The van der Waals surface area contributed by atoms with E-state index in [9.17, 15) is 18.4 Å². The van der Waals surface area contributed by atoms with Gasteiger partial charge in [0.15, 0.2) is 0 Å². The lowest BCUT2D eigenvalue weighted by Gasteiger charge is -2.11. The lowest BCUT2D eigenvalue weighted by atomic mass is 10.2. The summed E-state index contributed by atoms with van der Waals surface area (Å²) in [4.78, 5) is 24.9. The Kier molecular flexibility index (Phi) is 6.06. The van der Waals surface area contributed by atoms with E-state index in [4.69, 9.17) is 16.3 Å². The number of nitrogens with zero attached hydrogens (tertiary/aromatic N) is 3. The maximum absolute atomic E-state index is 12.7. The molecule has 3 aromatic rings. The molecular formula is C19H17ClF2N4O4. The van der Waals surface area contributed by atoms with Crippen LogP contribution >= 0.6 is 11.6 Å². The summed E-state index contributed by atoms with van der Waals surface area (Å²) in [6.45, 7) is 2.14. The van der Waals surface area contributed by atoms with Gasteiger partial charge in [0.25, 0.3) is 17.3 Å². The van der Waals surface area contributed by atoms with Crippen LogP contribution in [-0.4, -0.2) is 32.4 Å².